The number of benzene rings is 2. The molecule has 1 N–H and O–H groups in total. The summed E-state index contributed by atoms with van der Waals surface area (Å²) in [4.78, 5) is 23.2. The molecule has 1 aliphatic rings. The Bertz CT molecular complexity index is 1080. The summed E-state index contributed by atoms with van der Waals surface area (Å²) in [5.74, 6) is 1.10. The van der Waals surface area contributed by atoms with Crippen molar-refractivity contribution < 1.29 is 19.2 Å². The van der Waals surface area contributed by atoms with Gasteiger partial charge >= 0.3 is 5.69 Å². The van der Waals surface area contributed by atoms with Gasteiger partial charge in [-0.15, -0.1) is 0 Å². The predicted molar refractivity (Wildman–Crippen MR) is 103 cm³/mol. The summed E-state index contributed by atoms with van der Waals surface area (Å²) < 4.78 is 12.1. The summed E-state index contributed by atoms with van der Waals surface area (Å²) in [6.45, 7) is 2.32. The molecule has 1 atom stereocenters. The minimum Gasteiger partial charge on any atom is -0.454 e. The van der Waals surface area contributed by atoms with Gasteiger partial charge in [0, 0.05) is 5.56 Å². The van der Waals surface area contributed by atoms with E-state index >= 15 is 0 Å². The molecule has 3 aromatic rings. The fourth-order valence-electron chi connectivity index (χ4n) is 3.13. The number of hydrogen-bond donors (Lipinski definition) is 1. The molecule has 0 spiro atoms. The van der Waals surface area contributed by atoms with E-state index in [0.29, 0.717) is 22.6 Å². The van der Waals surface area contributed by atoms with Crippen LogP contribution >= 0.6 is 0 Å². The van der Waals surface area contributed by atoms with Crippen molar-refractivity contribution in [1.82, 2.24) is 15.1 Å². The number of hydrogen-bond acceptors (Lipinski definition) is 6. The van der Waals surface area contributed by atoms with E-state index in [1.165, 1.54) is 17.1 Å². The molecular formula is C20H18N4O5. The highest BCUT2D eigenvalue weighted by Crippen LogP contribution is 2.34. The maximum atomic E-state index is 12.9. The summed E-state index contributed by atoms with van der Waals surface area (Å²) in [5, 5.41) is 17.8. The summed E-state index contributed by atoms with van der Waals surface area (Å²) in [7, 11) is 0. The van der Waals surface area contributed by atoms with Crippen molar-refractivity contribution in [3.63, 3.8) is 0 Å². The summed E-state index contributed by atoms with van der Waals surface area (Å²) in [5.41, 5.74) is 1.99. The van der Waals surface area contributed by atoms with Crippen LogP contribution in [0.15, 0.2) is 54.9 Å². The van der Waals surface area contributed by atoms with Gasteiger partial charge in [0.2, 0.25) is 6.79 Å². The molecule has 0 saturated carbocycles. The van der Waals surface area contributed by atoms with Crippen LogP contribution in [-0.2, 0) is 6.54 Å². The third kappa shape index (κ3) is 3.88. The largest absolute Gasteiger partial charge is 0.454 e. The van der Waals surface area contributed by atoms with Gasteiger partial charge in [-0.25, -0.2) is 0 Å². The van der Waals surface area contributed by atoms with Gasteiger partial charge in [-0.3, -0.25) is 19.6 Å². The summed E-state index contributed by atoms with van der Waals surface area (Å²) >= 11 is 0. The third-order valence-electron chi connectivity index (χ3n) is 4.67. The standard InChI is InChI=1S/C20H18N4O5/c1-13(14-6-7-18-19(8-14)29-12-28-18)22-20(25)17-5-3-2-4-15(17)10-23-11-16(9-21-23)24(26)27/h2-9,11,13H,10,12H2,1H3,(H,22,25)/t13-/m1/s1. The first-order valence-electron chi connectivity index (χ1n) is 8.96. The zero-order chi connectivity index (χ0) is 20.4. The zero-order valence-corrected chi connectivity index (χ0v) is 15.6. The number of nitrogens with zero attached hydrogens (tertiary/aromatic N) is 3. The number of nitrogens with one attached hydrogen (secondary N) is 1. The molecule has 9 nitrogen and oxygen atoms in total. The molecule has 2 heterocycles. The van der Waals surface area contributed by atoms with Crippen molar-refractivity contribution in [2.45, 2.75) is 19.5 Å². The van der Waals surface area contributed by atoms with Crippen LogP contribution in [0.4, 0.5) is 5.69 Å². The number of ether oxygens (including phenoxy) is 2. The van der Waals surface area contributed by atoms with Crippen LogP contribution in [0.5, 0.6) is 11.5 Å². The Kier molecular flexibility index (Phi) is 4.86. The molecule has 0 bridgehead atoms. The van der Waals surface area contributed by atoms with Gasteiger partial charge in [-0.1, -0.05) is 24.3 Å². The fourth-order valence-corrected chi connectivity index (χ4v) is 3.13. The predicted octanol–water partition coefficient (Wildman–Crippen LogP) is 3.06. The van der Waals surface area contributed by atoms with Crippen molar-refractivity contribution in [3.05, 3.63) is 81.7 Å². The number of aromatic nitrogens is 2. The van der Waals surface area contributed by atoms with Crippen molar-refractivity contribution in [2.75, 3.05) is 6.79 Å². The van der Waals surface area contributed by atoms with Crippen molar-refractivity contribution in [1.29, 1.82) is 0 Å². The molecule has 4 rings (SSSR count). The van der Waals surface area contributed by atoms with Crippen LogP contribution < -0.4 is 14.8 Å². The second-order valence-electron chi connectivity index (χ2n) is 6.62. The Labute approximate surface area is 166 Å². The molecule has 0 saturated heterocycles. The summed E-state index contributed by atoms with van der Waals surface area (Å²) in [6, 6.07) is 12.4. The van der Waals surface area contributed by atoms with E-state index in [1.54, 1.807) is 18.2 Å². The lowest BCUT2D eigenvalue weighted by Gasteiger charge is -2.16. The van der Waals surface area contributed by atoms with E-state index in [2.05, 4.69) is 10.4 Å². The van der Waals surface area contributed by atoms with E-state index in [0.717, 1.165) is 5.56 Å². The maximum absolute atomic E-state index is 12.9. The topological polar surface area (TPSA) is 109 Å². The number of fused-ring (bicyclic) bond motifs is 1. The fraction of sp³-hybridized carbons (Fsp3) is 0.200. The highest BCUT2D eigenvalue weighted by molar-refractivity contribution is 5.95. The number of carbonyl (C=O) groups is 1. The first-order chi connectivity index (χ1) is 14.0. The van der Waals surface area contributed by atoms with Crippen LogP contribution in [0.1, 0.15) is 34.5 Å². The van der Waals surface area contributed by atoms with E-state index in [1.807, 2.05) is 31.2 Å². The monoisotopic (exact) mass is 394 g/mol. The number of carbonyl (C=O) groups excluding carboxylic acids is 1. The molecule has 1 aromatic heterocycles. The number of amides is 1. The Morgan fingerprint density at radius 3 is 2.86 bits per heavy atom. The zero-order valence-electron chi connectivity index (χ0n) is 15.6. The van der Waals surface area contributed by atoms with Crippen molar-refractivity contribution in [3.8, 4) is 11.5 Å². The van der Waals surface area contributed by atoms with E-state index in [4.69, 9.17) is 9.47 Å². The first kappa shape index (κ1) is 18.5. The van der Waals surface area contributed by atoms with Crippen LogP contribution in [0.25, 0.3) is 0 Å². The van der Waals surface area contributed by atoms with Crippen LogP contribution in [0.3, 0.4) is 0 Å². The Balaban J connectivity index is 1.50. The van der Waals surface area contributed by atoms with Gasteiger partial charge in [-0.05, 0) is 36.2 Å². The lowest BCUT2D eigenvalue weighted by molar-refractivity contribution is -0.385. The van der Waals surface area contributed by atoms with Crippen molar-refractivity contribution >= 4 is 11.6 Å². The molecule has 1 aliphatic heterocycles. The van der Waals surface area contributed by atoms with E-state index in [9.17, 15) is 14.9 Å². The molecule has 0 unspecified atom stereocenters. The molecule has 2 aromatic carbocycles. The molecule has 29 heavy (non-hydrogen) atoms. The first-order valence-corrected chi connectivity index (χ1v) is 8.96. The molecule has 9 heteroatoms. The van der Waals surface area contributed by atoms with Gasteiger partial charge in [0.05, 0.1) is 17.5 Å². The highest BCUT2D eigenvalue weighted by Gasteiger charge is 2.19. The van der Waals surface area contributed by atoms with Crippen LogP contribution in [0, 0.1) is 10.1 Å². The molecule has 148 valence electrons. The number of rotatable bonds is 6. The average molecular weight is 394 g/mol. The minimum absolute atomic E-state index is 0.0941. The van der Waals surface area contributed by atoms with Gasteiger partial charge in [-0.2, -0.15) is 5.10 Å². The quantitative estimate of drug-likeness (QED) is 0.508. The number of nitro groups is 1. The third-order valence-corrected chi connectivity index (χ3v) is 4.67. The average Bonchev–Trinajstić information content (AvgIpc) is 3.37. The molecule has 1 amide bonds. The molecule has 0 aliphatic carbocycles. The second-order valence-corrected chi connectivity index (χ2v) is 6.62. The Morgan fingerprint density at radius 2 is 2.07 bits per heavy atom. The Hall–Kier alpha value is -3.88. The van der Waals surface area contributed by atoms with Gasteiger partial charge < -0.3 is 14.8 Å². The SMILES string of the molecule is C[C@@H](NC(=O)c1ccccc1Cn1cc([N+](=O)[O-])cn1)c1ccc2c(c1)OCO2. The van der Waals surface area contributed by atoms with E-state index < -0.39 is 4.92 Å². The maximum Gasteiger partial charge on any atom is 0.307 e. The minimum atomic E-state index is -0.505. The molecule has 0 radical (unpaired) electrons. The highest BCUT2D eigenvalue weighted by atomic mass is 16.7. The van der Waals surface area contributed by atoms with Gasteiger partial charge in [0.15, 0.2) is 11.5 Å². The smallest absolute Gasteiger partial charge is 0.307 e. The normalized spacial score (nSPS) is 13.1. The van der Waals surface area contributed by atoms with Gasteiger partial charge in [0.25, 0.3) is 5.91 Å². The van der Waals surface area contributed by atoms with Crippen LogP contribution in [0.2, 0.25) is 0 Å². The van der Waals surface area contributed by atoms with Gasteiger partial charge in [0.1, 0.15) is 12.4 Å². The summed E-state index contributed by atoms with van der Waals surface area (Å²) in [6.07, 6.45) is 2.52. The lowest BCUT2D eigenvalue weighted by atomic mass is 10.0. The lowest BCUT2D eigenvalue weighted by Crippen LogP contribution is -2.27. The van der Waals surface area contributed by atoms with Crippen molar-refractivity contribution in [2.24, 2.45) is 0 Å². The second kappa shape index (κ2) is 7.63. The van der Waals surface area contributed by atoms with Crippen LogP contribution in [-0.4, -0.2) is 27.4 Å². The van der Waals surface area contributed by atoms with E-state index in [-0.39, 0.29) is 31.0 Å². The molecule has 0 fully saturated rings. The Morgan fingerprint density at radius 1 is 1.28 bits per heavy atom. The molecular weight excluding hydrogens is 376 g/mol.